The highest BCUT2D eigenvalue weighted by molar-refractivity contribution is 6.01. The molecule has 0 aliphatic carbocycles. The molecule has 6 heteroatoms. The van der Waals surface area contributed by atoms with Crippen molar-refractivity contribution in [2.45, 2.75) is 38.5 Å². The molecule has 0 radical (unpaired) electrons. The number of aromatic nitrogens is 4. The van der Waals surface area contributed by atoms with Crippen LogP contribution in [0.5, 0.6) is 0 Å². The fourth-order valence-electron chi connectivity index (χ4n) is 3.12. The van der Waals surface area contributed by atoms with E-state index in [1.807, 2.05) is 12.3 Å². The Morgan fingerprint density at radius 3 is 3.14 bits per heavy atom. The van der Waals surface area contributed by atoms with Crippen LogP contribution >= 0.6 is 0 Å². The second-order valence-electron chi connectivity index (χ2n) is 5.57. The van der Waals surface area contributed by atoms with Crippen molar-refractivity contribution in [1.29, 1.82) is 0 Å². The van der Waals surface area contributed by atoms with Crippen LogP contribution in [0, 0.1) is 0 Å². The second-order valence-corrected chi connectivity index (χ2v) is 5.57. The Morgan fingerprint density at radius 2 is 2.38 bits per heavy atom. The molecule has 1 aliphatic heterocycles. The van der Waals surface area contributed by atoms with Crippen molar-refractivity contribution >= 4 is 22.1 Å². The maximum Gasteiger partial charge on any atom is 0.140 e. The van der Waals surface area contributed by atoms with E-state index in [4.69, 9.17) is 4.74 Å². The molecule has 4 heterocycles. The summed E-state index contributed by atoms with van der Waals surface area (Å²) in [6, 6.07) is 2.00. The van der Waals surface area contributed by atoms with Crippen LogP contribution in [0.25, 0.3) is 22.1 Å². The van der Waals surface area contributed by atoms with Crippen LogP contribution in [0.15, 0.2) is 18.5 Å². The molecule has 1 saturated heterocycles. The predicted molar refractivity (Wildman–Crippen MR) is 78.9 cm³/mol. The Morgan fingerprint density at radius 1 is 1.48 bits per heavy atom. The van der Waals surface area contributed by atoms with Gasteiger partial charge in [-0.25, -0.2) is 9.97 Å². The number of hydrogen-bond acceptors (Lipinski definition) is 4. The molecule has 0 aromatic carbocycles. The highest BCUT2D eigenvalue weighted by atomic mass is 16.5. The van der Waals surface area contributed by atoms with E-state index in [1.165, 1.54) is 0 Å². The fourth-order valence-corrected chi connectivity index (χ4v) is 3.12. The van der Waals surface area contributed by atoms with Crippen molar-refractivity contribution in [3.8, 4) is 0 Å². The van der Waals surface area contributed by atoms with Gasteiger partial charge in [0.05, 0.1) is 11.7 Å². The van der Waals surface area contributed by atoms with Crippen LogP contribution < -0.4 is 0 Å². The molecule has 0 amide bonds. The first-order chi connectivity index (χ1) is 10.3. The summed E-state index contributed by atoms with van der Waals surface area (Å²) in [4.78, 5) is 12.1. The van der Waals surface area contributed by atoms with E-state index in [0.29, 0.717) is 5.82 Å². The van der Waals surface area contributed by atoms with Crippen LogP contribution in [0.1, 0.15) is 44.3 Å². The molecule has 2 N–H and O–H groups in total. The van der Waals surface area contributed by atoms with Gasteiger partial charge in [-0.2, -0.15) is 0 Å². The third kappa shape index (κ3) is 1.94. The number of aliphatic hydroxyl groups excluding tert-OH is 1. The number of aromatic amines is 1. The van der Waals surface area contributed by atoms with Crippen molar-refractivity contribution in [3.05, 3.63) is 24.3 Å². The van der Waals surface area contributed by atoms with Gasteiger partial charge < -0.3 is 14.8 Å². The van der Waals surface area contributed by atoms with E-state index in [-0.39, 0.29) is 6.23 Å². The average molecular weight is 286 g/mol. The molecule has 1 aliphatic rings. The molecule has 1 fully saturated rings. The zero-order valence-electron chi connectivity index (χ0n) is 11.9. The van der Waals surface area contributed by atoms with Crippen molar-refractivity contribution in [1.82, 2.24) is 19.5 Å². The average Bonchev–Trinajstić information content (AvgIpc) is 3.11. The minimum atomic E-state index is -0.642. The lowest BCUT2D eigenvalue weighted by Crippen LogP contribution is -2.21. The van der Waals surface area contributed by atoms with Gasteiger partial charge in [0.1, 0.15) is 29.3 Å². The van der Waals surface area contributed by atoms with Gasteiger partial charge >= 0.3 is 0 Å². The molecule has 2 atom stereocenters. The number of fused-ring (bicyclic) bond motifs is 3. The Bertz CT molecular complexity index is 784. The number of H-pyrrole nitrogens is 1. The lowest BCUT2D eigenvalue weighted by molar-refractivity contribution is -0.0340. The maximum absolute atomic E-state index is 10.1. The molecule has 4 rings (SSSR count). The maximum atomic E-state index is 10.1. The summed E-state index contributed by atoms with van der Waals surface area (Å²) in [6.07, 6.45) is 6.08. The lowest BCUT2D eigenvalue weighted by atomic mass is 10.1. The van der Waals surface area contributed by atoms with Gasteiger partial charge in [-0.15, -0.1) is 0 Å². The molecule has 6 nitrogen and oxygen atoms in total. The molecule has 0 spiro atoms. The van der Waals surface area contributed by atoms with Gasteiger partial charge in [0.15, 0.2) is 0 Å². The SMILES string of the molecule is C[C@@H](O)c1nc2cnc3[nH]ccc3c2n1[C@H]1CCCCO1. The van der Waals surface area contributed by atoms with Crippen LogP contribution in [0.4, 0.5) is 0 Å². The van der Waals surface area contributed by atoms with E-state index in [0.717, 1.165) is 47.9 Å². The first-order valence-electron chi connectivity index (χ1n) is 7.39. The third-order valence-corrected chi connectivity index (χ3v) is 4.08. The van der Waals surface area contributed by atoms with Gasteiger partial charge in [0, 0.05) is 18.2 Å². The largest absolute Gasteiger partial charge is 0.385 e. The summed E-state index contributed by atoms with van der Waals surface area (Å²) in [5.74, 6) is 0.646. The molecular weight excluding hydrogens is 268 g/mol. The highest BCUT2D eigenvalue weighted by Crippen LogP contribution is 2.33. The minimum Gasteiger partial charge on any atom is -0.385 e. The molecule has 3 aromatic rings. The Balaban J connectivity index is 2.03. The van der Waals surface area contributed by atoms with E-state index in [2.05, 4.69) is 19.5 Å². The quantitative estimate of drug-likeness (QED) is 0.759. The van der Waals surface area contributed by atoms with Crippen molar-refractivity contribution < 1.29 is 9.84 Å². The first kappa shape index (κ1) is 12.8. The molecule has 0 bridgehead atoms. The Labute approximate surface area is 121 Å². The van der Waals surface area contributed by atoms with Gasteiger partial charge in [0.25, 0.3) is 0 Å². The molecule has 110 valence electrons. The van der Waals surface area contributed by atoms with E-state index < -0.39 is 6.10 Å². The van der Waals surface area contributed by atoms with Crippen LogP contribution in [0.3, 0.4) is 0 Å². The highest BCUT2D eigenvalue weighted by Gasteiger charge is 2.25. The molecule has 0 saturated carbocycles. The number of ether oxygens (including phenoxy) is 1. The number of rotatable bonds is 2. The first-order valence-corrected chi connectivity index (χ1v) is 7.39. The monoisotopic (exact) mass is 286 g/mol. The summed E-state index contributed by atoms with van der Waals surface area (Å²) in [5, 5.41) is 11.1. The zero-order chi connectivity index (χ0) is 14.4. The minimum absolute atomic E-state index is 0.0613. The van der Waals surface area contributed by atoms with Crippen molar-refractivity contribution in [2.75, 3.05) is 6.61 Å². The summed E-state index contributed by atoms with van der Waals surface area (Å²) in [5.41, 5.74) is 2.62. The molecular formula is C15H18N4O2. The predicted octanol–water partition coefficient (Wildman–Crippen LogP) is 2.67. The summed E-state index contributed by atoms with van der Waals surface area (Å²) >= 11 is 0. The lowest BCUT2D eigenvalue weighted by Gasteiger charge is -2.26. The fraction of sp³-hybridized carbons (Fsp3) is 0.467. The molecule has 3 aromatic heterocycles. The van der Waals surface area contributed by atoms with Crippen LogP contribution in [-0.4, -0.2) is 31.2 Å². The Kier molecular flexibility index (Phi) is 2.94. The zero-order valence-corrected chi connectivity index (χ0v) is 11.9. The second kappa shape index (κ2) is 4.82. The number of nitrogens with one attached hydrogen (secondary N) is 1. The number of imidazole rings is 1. The topological polar surface area (TPSA) is 76.0 Å². The van der Waals surface area contributed by atoms with Gasteiger partial charge in [0.2, 0.25) is 0 Å². The third-order valence-electron chi connectivity index (χ3n) is 4.08. The van der Waals surface area contributed by atoms with Crippen LogP contribution in [-0.2, 0) is 4.74 Å². The van der Waals surface area contributed by atoms with Crippen molar-refractivity contribution in [2.24, 2.45) is 0 Å². The van der Waals surface area contributed by atoms with Gasteiger partial charge in [-0.1, -0.05) is 0 Å². The van der Waals surface area contributed by atoms with Gasteiger partial charge in [-0.05, 0) is 32.3 Å². The normalized spacial score (nSPS) is 21.1. The van der Waals surface area contributed by atoms with E-state index >= 15 is 0 Å². The number of hydrogen-bond donors (Lipinski definition) is 2. The Hall–Kier alpha value is -1.92. The smallest absolute Gasteiger partial charge is 0.140 e. The number of nitrogens with zero attached hydrogens (tertiary/aromatic N) is 3. The standard InChI is InChI=1S/C15H18N4O2/c1-9(20)15-18-11-8-17-14-10(5-6-16-14)13(11)19(15)12-4-2-3-7-21-12/h5-6,8-9,12,20H,2-4,7H2,1H3,(H,16,17)/t9-,12-/m1/s1. The van der Waals surface area contributed by atoms with Crippen LogP contribution in [0.2, 0.25) is 0 Å². The molecule has 0 unspecified atom stereocenters. The van der Waals surface area contributed by atoms with E-state index in [9.17, 15) is 5.11 Å². The van der Waals surface area contributed by atoms with Crippen molar-refractivity contribution in [3.63, 3.8) is 0 Å². The van der Waals surface area contributed by atoms with Gasteiger partial charge in [-0.3, -0.25) is 4.57 Å². The summed E-state index contributed by atoms with van der Waals surface area (Å²) in [6.45, 7) is 2.49. The number of aliphatic hydroxyl groups is 1. The van der Waals surface area contributed by atoms with E-state index in [1.54, 1.807) is 13.1 Å². The molecule has 21 heavy (non-hydrogen) atoms. The number of pyridine rings is 1. The summed E-state index contributed by atoms with van der Waals surface area (Å²) < 4.78 is 7.98. The summed E-state index contributed by atoms with van der Waals surface area (Å²) in [7, 11) is 0.